The zero-order valence-corrected chi connectivity index (χ0v) is 20.8. The van der Waals surface area contributed by atoms with Gasteiger partial charge in [0.2, 0.25) is 5.91 Å². The average molecular weight is 507 g/mol. The van der Waals surface area contributed by atoms with Crippen molar-refractivity contribution in [2.75, 3.05) is 0 Å². The molecule has 0 atom stereocenters. The molecule has 0 aliphatic carbocycles. The van der Waals surface area contributed by atoms with E-state index in [-0.39, 0.29) is 31.0 Å². The van der Waals surface area contributed by atoms with Crippen molar-refractivity contribution < 1.29 is 18.0 Å². The van der Waals surface area contributed by atoms with Crippen LogP contribution < -0.4 is 5.69 Å². The Morgan fingerprint density at radius 1 is 0.811 bits per heavy atom. The molecule has 7 heteroatoms. The molecule has 37 heavy (non-hydrogen) atoms. The number of aromatic nitrogens is 2. The molecule has 0 bridgehead atoms. The number of rotatable bonds is 8. The highest BCUT2D eigenvalue weighted by Gasteiger charge is 2.42. The minimum Gasteiger partial charge on any atom is -0.291 e. The van der Waals surface area contributed by atoms with Gasteiger partial charge in [-0.25, -0.2) is 9.36 Å². The van der Waals surface area contributed by atoms with Crippen LogP contribution in [-0.4, -0.2) is 15.0 Å². The van der Waals surface area contributed by atoms with Gasteiger partial charge in [-0.05, 0) is 41.0 Å². The number of halogens is 3. The van der Waals surface area contributed by atoms with E-state index in [4.69, 9.17) is 0 Å². The van der Waals surface area contributed by atoms with Gasteiger partial charge in [-0.15, -0.1) is 0 Å². The normalized spacial score (nSPS) is 11.7. The number of imidazole rings is 1. The topological polar surface area (TPSA) is 44.0 Å². The first-order valence-corrected chi connectivity index (χ1v) is 12.3. The van der Waals surface area contributed by atoms with Gasteiger partial charge in [0.25, 0.3) is 0 Å². The van der Waals surface area contributed by atoms with Crippen molar-refractivity contribution in [3.63, 3.8) is 0 Å². The standard InChI is InChI=1S/C30H29F3N2O2/c1-21(2)13-18-26-28(30(31,32)33)35(27(36)19-22-9-5-3-6-10-22)29(37)34(26)20-23-14-16-25(17-15-23)24-11-7-4-8-12-24/h3-12,14-17,21H,13,18-20H2,1-2H3. The van der Waals surface area contributed by atoms with E-state index in [0.717, 1.165) is 15.7 Å². The fraction of sp³-hybridized carbons (Fsp3) is 0.267. The second kappa shape index (κ2) is 11.0. The number of hydrogen-bond donors (Lipinski definition) is 0. The summed E-state index contributed by atoms with van der Waals surface area (Å²) in [5.41, 5.74) is 0.914. The highest BCUT2D eigenvalue weighted by Crippen LogP contribution is 2.33. The second-order valence-electron chi connectivity index (χ2n) is 9.55. The molecule has 0 spiro atoms. The summed E-state index contributed by atoms with van der Waals surface area (Å²) < 4.78 is 44.6. The molecule has 0 aliphatic rings. The van der Waals surface area contributed by atoms with E-state index in [0.29, 0.717) is 22.1 Å². The molecular weight excluding hydrogens is 477 g/mol. The first-order valence-electron chi connectivity index (χ1n) is 12.3. The minimum absolute atomic E-state index is 0.0372. The van der Waals surface area contributed by atoms with Crippen LogP contribution in [0.3, 0.4) is 0 Å². The van der Waals surface area contributed by atoms with Gasteiger partial charge < -0.3 is 0 Å². The monoisotopic (exact) mass is 506 g/mol. The lowest BCUT2D eigenvalue weighted by Crippen LogP contribution is -2.33. The van der Waals surface area contributed by atoms with Gasteiger partial charge in [0.15, 0.2) is 5.69 Å². The van der Waals surface area contributed by atoms with Crippen LogP contribution in [-0.2, 0) is 25.6 Å². The van der Waals surface area contributed by atoms with Gasteiger partial charge >= 0.3 is 11.9 Å². The zero-order chi connectivity index (χ0) is 26.6. The third kappa shape index (κ3) is 6.10. The fourth-order valence-electron chi connectivity index (χ4n) is 4.42. The first kappa shape index (κ1) is 26.2. The summed E-state index contributed by atoms with van der Waals surface area (Å²) in [5, 5.41) is 0. The summed E-state index contributed by atoms with van der Waals surface area (Å²) in [4.78, 5) is 26.5. The molecular formula is C30H29F3N2O2. The molecule has 192 valence electrons. The third-order valence-electron chi connectivity index (χ3n) is 6.32. The van der Waals surface area contributed by atoms with Crippen LogP contribution in [0.1, 0.15) is 47.6 Å². The Balaban J connectivity index is 1.77. The molecule has 4 nitrogen and oxygen atoms in total. The molecule has 1 heterocycles. The van der Waals surface area contributed by atoms with Crippen LogP contribution in [0.5, 0.6) is 0 Å². The zero-order valence-electron chi connectivity index (χ0n) is 20.8. The molecule has 0 aliphatic heterocycles. The number of hydrogen-bond acceptors (Lipinski definition) is 2. The quantitative estimate of drug-likeness (QED) is 0.262. The molecule has 1 aromatic heterocycles. The fourth-order valence-corrected chi connectivity index (χ4v) is 4.42. The van der Waals surface area contributed by atoms with Crippen LogP contribution in [0.2, 0.25) is 0 Å². The van der Waals surface area contributed by atoms with E-state index in [9.17, 15) is 22.8 Å². The Bertz CT molecular complexity index is 1400. The van der Waals surface area contributed by atoms with E-state index < -0.39 is 23.5 Å². The molecule has 0 unspecified atom stereocenters. The van der Waals surface area contributed by atoms with E-state index in [1.165, 1.54) is 0 Å². The number of carbonyl (C=O) groups is 1. The summed E-state index contributed by atoms with van der Waals surface area (Å²) >= 11 is 0. The van der Waals surface area contributed by atoms with Crippen LogP contribution in [0, 0.1) is 5.92 Å². The summed E-state index contributed by atoms with van der Waals surface area (Å²) in [6.45, 7) is 3.77. The average Bonchev–Trinajstić information content (AvgIpc) is 3.16. The van der Waals surface area contributed by atoms with Crippen LogP contribution in [0.25, 0.3) is 11.1 Å². The van der Waals surface area contributed by atoms with Crippen molar-refractivity contribution in [3.05, 3.63) is 118 Å². The molecule has 3 aromatic carbocycles. The maximum Gasteiger partial charge on any atom is 0.433 e. The Hall–Kier alpha value is -3.87. The number of carbonyl (C=O) groups excluding carboxylic acids is 1. The van der Waals surface area contributed by atoms with Gasteiger partial charge in [0, 0.05) is 0 Å². The first-order chi connectivity index (χ1) is 17.6. The van der Waals surface area contributed by atoms with Crippen molar-refractivity contribution >= 4 is 5.91 Å². The Morgan fingerprint density at radius 2 is 1.38 bits per heavy atom. The van der Waals surface area contributed by atoms with Crippen molar-refractivity contribution in [1.82, 2.24) is 9.13 Å². The van der Waals surface area contributed by atoms with Crippen molar-refractivity contribution in [1.29, 1.82) is 0 Å². The van der Waals surface area contributed by atoms with Crippen molar-refractivity contribution in [2.24, 2.45) is 5.92 Å². The molecule has 4 aromatic rings. The SMILES string of the molecule is CC(C)CCc1c(C(F)(F)F)n(C(=O)Cc2ccccc2)c(=O)n1Cc1ccc(-c2ccccc2)cc1. The van der Waals surface area contributed by atoms with E-state index >= 15 is 0 Å². The predicted molar refractivity (Wildman–Crippen MR) is 139 cm³/mol. The highest BCUT2D eigenvalue weighted by molar-refractivity contribution is 5.82. The van der Waals surface area contributed by atoms with Gasteiger partial charge in [0.05, 0.1) is 18.7 Å². The van der Waals surface area contributed by atoms with Crippen LogP contribution in [0.15, 0.2) is 89.7 Å². The lowest BCUT2D eigenvalue weighted by Gasteiger charge is -2.14. The molecule has 0 radical (unpaired) electrons. The van der Waals surface area contributed by atoms with Crippen molar-refractivity contribution in [2.45, 2.75) is 45.8 Å². The molecule has 0 saturated heterocycles. The minimum atomic E-state index is -4.86. The number of nitrogens with zero attached hydrogens (tertiary/aromatic N) is 2. The van der Waals surface area contributed by atoms with E-state index in [2.05, 4.69) is 0 Å². The molecule has 0 amide bonds. The summed E-state index contributed by atoms with van der Waals surface area (Å²) in [7, 11) is 0. The predicted octanol–water partition coefficient (Wildman–Crippen LogP) is 6.86. The summed E-state index contributed by atoms with van der Waals surface area (Å²) in [5.74, 6) is -0.773. The van der Waals surface area contributed by atoms with E-state index in [1.807, 2.05) is 56.3 Å². The lowest BCUT2D eigenvalue weighted by atomic mass is 10.0. The molecule has 0 fully saturated rings. The summed E-state index contributed by atoms with van der Waals surface area (Å²) in [6.07, 6.45) is -4.68. The molecule has 4 rings (SSSR count). The highest BCUT2D eigenvalue weighted by atomic mass is 19.4. The van der Waals surface area contributed by atoms with Gasteiger partial charge in [-0.2, -0.15) is 13.2 Å². The number of benzene rings is 3. The Labute approximate surface area is 214 Å². The smallest absolute Gasteiger partial charge is 0.291 e. The maximum absolute atomic E-state index is 14.4. The second-order valence-corrected chi connectivity index (χ2v) is 9.55. The van der Waals surface area contributed by atoms with Gasteiger partial charge in [-0.1, -0.05) is 98.8 Å². The molecule has 0 saturated carbocycles. The largest absolute Gasteiger partial charge is 0.433 e. The lowest BCUT2D eigenvalue weighted by molar-refractivity contribution is -0.143. The Kier molecular flexibility index (Phi) is 7.81. The van der Waals surface area contributed by atoms with Crippen LogP contribution in [0.4, 0.5) is 13.2 Å². The van der Waals surface area contributed by atoms with Crippen LogP contribution >= 0.6 is 0 Å². The Morgan fingerprint density at radius 3 is 1.95 bits per heavy atom. The van der Waals surface area contributed by atoms with Gasteiger partial charge in [0.1, 0.15) is 0 Å². The number of alkyl halides is 3. The maximum atomic E-state index is 14.4. The molecule has 0 N–H and O–H groups in total. The third-order valence-corrected chi connectivity index (χ3v) is 6.32. The van der Waals surface area contributed by atoms with E-state index in [1.54, 1.807) is 42.5 Å². The van der Waals surface area contributed by atoms with Gasteiger partial charge in [-0.3, -0.25) is 9.36 Å². The summed E-state index contributed by atoms with van der Waals surface area (Å²) in [6, 6.07) is 25.6. The van der Waals surface area contributed by atoms with Crippen molar-refractivity contribution in [3.8, 4) is 11.1 Å².